The Bertz CT molecular complexity index is 1170. The molecule has 9 heteroatoms. The van der Waals surface area contributed by atoms with Gasteiger partial charge in [0.05, 0.1) is 6.54 Å². The Hall–Kier alpha value is -3.52. The number of amides is 1. The SMILES string of the molecule is O=C(NCc1ccc(F)cc1F)c1nnn(Cc2ccc(Cl)cc2)c1-n1cccc1. The van der Waals surface area contributed by atoms with Crippen LogP contribution in [-0.2, 0) is 13.1 Å². The van der Waals surface area contributed by atoms with Crippen molar-refractivity contribution < 1.29 is 13.6 Å². The van der Waals surface area contributed by atoms with Gasteiger partial charge in [0, 0.05) is 35.6 Å². The fourth-order valence-electron chi connectivity index (χ4n) is 2.98. The lowest BCUT2D eigenvalue weighted by atomic mass is 10.2. The third kappa shape index (κ3) is 4.23. The fourth-order valence-corrected chi connectivity index (χ4v) is 3.11. The molecule has 0 aliphatic carbocycles. The van der Waals surface area contributed by atoms with Crippen LogP contribution in [-0.4, -0.2) is 25.5 Å². The van der Waals surface area contributed by atoms with Crippen LogP contribution in [0.25, 0.3) is 5.82 Å². The highest BCUT2D eigenvalue weighted by Gasteiger charge is 2.21. The van der Waals surface area contributed by atoms with Crippen molar-refractivity contribution in [2.24, 2.45) is 0 Å². The number of nitrogens with one attached hydrogen (secondary N) is 1. The first kappa shape index (κ1) is 19.8. The summed E-state index contributed by atoms with van der Waals surface area (Å²) < 4.78 is 30.2. The van der Waals surface area contributed by atoms with Gasteiger partial charge >= 0.3 is 0 Å². The predicted octanol–water partition coefficient (Wildman–Crippen LogP) is 3.98. The molecule has 0 radical (unpaired) electrons. The lowest BCUT2D eigenvalue weighted by Gasteiger charge is -2.10. The quantitative estimate of drug-likeness (QED) is 0.506. The third-order valence-corrected chi connectivity index (χ3v) is 4.73. The maximum absolute atomic E-state index is 13.8. The molecule has 4 rings (SSSR count). The van der Waals surface area contributed by atoms with Crippen molar-refractivity contribution >= 4 is 17.5 Å². The summed E-state index contributed by atoms with van der Waals surface area (Å²) in [5, 5.41) is 11.4. The Kier molecular flexibility index (Phi) is 5.58. The Balaban J connectivity index is 1.60. The van der Waals surface area contributed by atoms with E-state index in [1.807, 2.05) is 24.3 Å². The lowest BCUT2D eigenvalue weighted by Crippen LogP contribution is -2.25. The molecule has 0 saturated heterocycles. The Morgan fingerprint density at radius 1 is 1.07 bits per heavy atom. The van der Waals surface area contributed by atoms with Gasteiger partial charge in [-0.3, -0.25) is 4.79 Å². The molecule has 2 aromatic carbocycles. The second-order valence-corrected chi connectivity index (χ2v) is 6.99. The first-order chi connectivity index (χ1) is 14.5. The van der Waals surface area contributed by atoms with E-state index in [1.54, 1.807) is 33.8 Å². The number of rotatable bonds is 6. The van der Waals surface area contributed by atoms with Crippen LogP contribution in [0.5, 0.6) is 0 Å². The van der Waals surface area contributed by atoms with Gasteiger partial charge in [-0.15, -0.1) is 5.10 Å². The molecule has 30 heavy (non-hydrogen) atoms. The molecule has 1 amide bonds. The number of benzene rings is 2. The van der Waals surface area contributed by atoms with Crippen LogP contribution in [0.3, 0.4) is 0 Å². The molecule has 1 N–H and O–H groups in total. The molecule has 0 fully saturated rings. The van der Waals surface area contributed by atoms with Crippen molar-refractivity contribution in [1.29, 1.82) is 0 Å². The van der Waals surface area contributed by atoms with Crippen LogP contribution >= 0.6 is 11.6 Å². The van der Waals surface area contributed by atoms with Gasteiger partial charge in [0.2, 0.25) is 0 Å². The third-order valence-electron chi connectivity index (χ3n) is 4.47. The summed E-state index contributed by atoms with van der Waals surface area (Å²) >= 11 is 5.94. The van der Waals surface area contributed by atoms with Crippen molar-refractivity contribution in [3.05, 3.63) is 100 Å². The number of aromatic nitrogens is 4. The normalized spacial score (nSPS) is 10.9. The molecule has 2 aromatic heterocycles. The van der Waals surface area contributed by atoms with E-state index in [4.69, 9.17) is 11.6 Å². The Labute approximate surface area is 175 Å². The van der Waals surface area contributed by atoms with Gasteiger partial charge in [-0.25, -0.2) is 13.5 Å². The van der Waals surface area contributed by atoms with Crippen molar-refractivity contribution in [1.82, 2.24) is 24.9 Å². The minimum atomic E-state index is -0.729. The highest BCUT2D eigenvalue weighted by molar-refractivity contribution is 6.30. The monoisotopic (exact) mass is 427 g/mol. The predicted molar refractivity (Wildman–Crippen MR) is 107 cm³/mol. The van der Waals surface area contributed by atoms with E-state index < -0.39 is 17.5 Å². The first-order valence-corrected chi connectivity index (χ1v) is 9.42. The molecule has 0 atom stereocenters. The van der Waals surface area contributed by atoms with Crippen LogP contribution in [0.4, 0.5) is 8.78 Å². The molecule has 0 aliphatic heterocycles. The molecule has 0 aliphatic rings. The fraction of sp³-hybridized carbons (Fsp3) is 0.0952. The average molecular weight is 428 g/mol. The van der Waals surface area contributed by atoms with Gasteiger partial charge in [-0.05, 0) is 35.9 Å². The zero-order valence-electron chi connectivity index (χ0n) is 15.6. The standard InChI is InChI=1S/C21H16ClF2N5O/c22-16-6-3-14(4-7-16)13-29-21(28-9-1-2-10-28)19(26-27-29)20(30)25-12-15-5-8-17(23)11-18(15)24/h1-11H,12-13H2,(H,25,30). The molecule has 2 heterocycles. The summed E-state index contributed by atoms with van der Waals surface area (Å²) in [4.78, 5) is 12.8. The van der Waals surface area contributed by atoms with Crippen LogP contribution in [0.2, 0.25) is 5.02 Å². The summed E-state index contributed by atoms with van der Waals surface area (Å²) in [6, 6.07) is 14.1. The number of nitrogens with zero attached hydrogens (tertiary/aromatic N) is 4. The maximum atomic E-state index is 13.8. The zero-order chi connectivity index (χ0) is 21.1. The van der Waals surface area contributed by atoms with E-state index in [9.17, 15) is 13.6 Å². The minimum absolute atomic E-state index is 0.0858. The van der Waals surface area contributed by atoms with Crippen molar-refractivity contribution in [3.63, 3.8) is 0 Å². The summed E-state index contributed by atoms with van der Waals surface area (Å²) in [5.74, 6) is -1.47. The second-order valence-electron chi connectivity index (χ2n) is 6.55. The Morgan fingerprint density at radius 3 is 2.50 bits per heavy atom. The number of hydrogen-bond acceptors (Lipinski definition) is 3. The van der Waals surface area contributed by atoms with E-state index in [0.29, 0.717) is 17.4 Å². The van der Waals surface area contributed by atoms with Gasteiger partial charge in [-0.1, -0.05) is 35.0 Å². The van der Waals surface area contributed by atoms with Gasteiger partial charge < -0.3 is 9.88 Å². The summed E-state index contributed by atoms with van der Waals surface area (Å²) in [6.45, 7) is 0.262. The maximum Gasteiger partial charge on any atom is 0.276 e. The number of carbonyl (C=O) groups excluding carboxylic acids is 1. The van der Waals surface area contributed by atoms with Crippen molar-refractivity contribution in [2.45, 2.75) is 13.1 Å². The summed E-state index contributed by atoms with van der Waals surface area (Å²) in [6.07, 6.45) is 3.54. The number of hydrogen-bond donors (Lipinski definition) is 1. The molecule has 4 aromatic rings. The van der Waals surface area contributed by atoms with E-state index in [-0.39, 0.29) is 17.8 Å². The van der Waals surface area contributed by atoms with Crippen LogP contribution in [0, 0.1) is 11.6 Å². The molecular formula is C21H16ClF2N5O. The van der Waals surface area contributed by atoms with Gasteiger partial charge in [-0.2, -0.15) is 0 Å². The highest BCUT2D eigenvalue weighted by atomic mass is 35.5. The highest BCUT2D eigenvalue weighted by Crippen LogP contribution is 2.17. The van der Waals surface area contributed by atoms with Crippen LogP contribution in [0.1, 0.15) is 21.6 Å². The largest absolute Gasteiger partial charge is 0.346 e. The van der Waals surface area contributed by atoms with E-state index in [2.05, 4.69) is 15.6 Å². The summed E-state index contributed by atoms with van der Waals surface area (Å²) in [7, 11) is 0. The lowest BCUT2D eigenvalue weighted by molar-refractivity contribution is 0.0945. The van der Waals surface area contributed by atoms with Crippen molar-refractivity contribution in [2.75, 3.05) is 0 Å². The van der Waals surface area contributed by atoms with Crippen LogP contribution in [0.15, 0.2) is 67.0 Å². The molecule has 6 nitrogen and oxygen atoms in total. The molecule has 0 bridgehead atoms. The van der Waals surface area contributed by atoms with Crippen LogP contribution < -0.4 is 5.32 Å². The van der Waals surface area contributed by atoms with Gasteiger partial charge in [0.15, 0.2) is 11.5 Å². The van der Waals surface area contributed by atoms with Gasteiger partial charge in [0.1, 0.15) is 11.6 Å². The number of carbonyl (C=O) groups is 1. The molecule has 0 unspecified atom stereocenters. The van der Waals surface area contributed by atoms with Gasteiger partial charge in [0.25, 0.3) is 5.91 Å². The van der Waals surface area contributed by atoms with Crippen molar-refractivity contribution in [3.8, 4) is 5.82 Å². The second kappa shape index (κ2) is 8.46. The smallest absolute Gasteiger partial charge is 0.276 e. The van der Waals surface area contributed by atoms with E-state index in [1.165, 1.54) is 6.07 Å². The molecular weight excluding hydrogens is 412 g/mol. The Morgan fingerprint density at radius 2 is 1.80 bits per heavy atom. The minimum Gasteiger partial charge on any atom is -0.346 e. The number of halogens is 3. The molecule has 152 valence electrons. The average Bonchev–Trinajstić information content (AvgIpc) is 3.38. The topological polar surface area (TPSA) is 64.7 Å². The zero-order valence-corrected chi connectivity index (χ0v) is 16.4. The first-order valence-electron chi connectivity index (χ1n) is 9.04. The summed E-state index contributed by atoms with van der Waals surface area (Å²) in [5.41, 5.74) is 1.18. The molecule has 0 saturated carbocycles. The van der Waals surface area contributed by atoms with E-state index in [0.717, 1.165) is 17.7 Å². The van der Waals surface area contributed by atoms with E-state index >= 15 is 0 Å². The molecule has 0 spiro atoms.